The summed E-state index contributed by atoms with van der Waals surface area (Å²) < 4.78 is 0. The highest BCUT2D eigenvalue weighted by molar-refractivity contribution is 8.00. The number of fused-ring (bicyclic) bond motifs is 1. The predicted octanol–water partition coefficient (Wildman–Crippen LogP) is 1.32. The quantitative estimate of drug-likeness (QED) is 0.781. The van der Waals surface area contributed by atoms with Crippen LogP contribution in [0.25, 0.3) is 0 Å². The van der Waals surface area contributed by atoms with Gasteiger partial charge >= 0.3 is 5.97 Å². The Morgan fingerprint density at radius 2 is 2.15 bits per heavy atom. The number of hydrogen-bond donors (Lipinski definition) is 3. The third-order valence-electron chi connectivity index (χ3n) is 2.89. The molecule has 1 aromatic rings. The number of benzene rings is 1. The Kier molecular flexibility index (Phi) is 3.99. The zero-order valence-electron chi connectivity index (χ0n) is 11.0. The lowest BCUT2D eigenvalue weighted by atomic mass is 10.1. The van der Waals surface area contributed by atoms with Crippen molar-refractivity contribution in [2.45, 2.75) is 30.0 Å². The highest BCUT2D eigenvalue weighted by Gasteiger charge is 2.24. The van der Waals surface area contributed by atoms with Crippen LogP contribution in [0.3, 0.4) is 0 Å². The number of amides is 2. The molecule has 0 radical (unpaired) electrons. The first-order valence-electron chi connectivity index (χ1n) is 6.03. The van der Waals surface area contributed by atoms with E-state index in [0.717, 1.165) is 4.90 Å². The van der Waals surface area contributed by atoms with E-state index >= 15 is 0 Å². The molecular formula is C13H14N2O4S. The molecule has 3 N–H and O–H groups in total. The average molecular weight is 294 g/mol. The largest absolute Gasteiger partial charge is 0.480 e. The molecule has 1 aliphatic rings. The summed E-state index contributed by atoms with van der Waals surface area (Å²) in [6, 6.07) is 3.94. The summed E-state index contributed by atoms with van der Waals surface area (Å²) in [5.74, 6) is -1.70. The highest BCUT2D eigenvalue weighted by Crippen LogP contribution is 2.35. The highest BCUT2D eigenvalue weighted by atomic mass is 32.2. The number of hydrogen-bond acceptors (Lipinski definition) is 4. The van der Waals surface area contributed by atoms with E-state index in [1.54, 1.807) is 25.1 Å². The minimum atomic E-state index is -1.10. The minimum absolute atomic E-state index is 0.112. The van der Waals surface area contributed by atoms with Crippen molar-refractivity contribution < 1.29 is 19.5 Å². The second-order valence-corrected chi connectivity index (χ2v) is 5.88. The Bertz CT molecular complexity index is 588. The molecule has 106 valence electrons. The molecule has 0 aromatic heterocycles. The fraction of sp³-hybridized carbons (Fsp3) is 0.308. The number of aliphatic carboxylic acids is 1. The molecule has 0 fully saturated rings. The van der Waals surface area contributed by atoms with Crippen molar-refractivity contribution in [1.82, 2.24) is 5.32 Å². The van der Waals surface area contributed by atoms with Gasteiger partial charge in [-0.15, -0.1) is 11.8 Å². The van der Waals surface area contributed by atoms with Gasteiger partial charge in [-0.2, -0.15) is 0 Å². The molecule has 20 heavy (non-hydrogen) atoms. The fourth-order valence-corrected chi connectivity index (χ4v) is 2.62. The predicted molar refractivity (Wildman–Crippen MR) is 75.0 cm³/mol. The third-order valence-corrected chi connectivity index (χ3v) is 4.07. The lowest BCUT2D eigenvalue weighted by Gasteiger charge is -2.21. The van der Waals surface area contributed by atoms with Crippen molar-refractivity contribution in [2.75, 3.05) is 5.32 Å². The summed E-state index contributed by atoms with van der Waals surface area (Å²) in [6.45, 7) is 3.19. The van der Waals surface area contributed by atoms with E-state index in [-0.39, 0.29) is 11.2 Å². The van der Waals surface area contributed by atoms with E-state index in [1.165, 1.54) is 18.7 Å². The second-order valence-electron chi connectivity index (χ2n) is 4.49. The molecule has 0 aliphatic carbocycles. The van der Waals surface area contributed by atoms with E-state index in [4.69, 9.17) is 5.11 Å². The molecule has 1 aliphatic heterocycles. The fourth-order valence-electron chi connectivity index (χ4n) is 1.69. The molecular weight excluding hydrogens is 280 g/mol. The van der Waals surface area contributed by atoms with Gasteiger partial charge in [-0.25, -0.2) is 0 Å². The summed E-state index contributed by atoms with van der Waals surface area (Å²) in [5, 5.41) is 13.7. The lowest BCUT2D eigenvalue weighted by Crippen LogP contribution is -2.38. The first-order chi connectivity index (χ1) is 9.38. The summed E-state index contributed by atoms with van der Waals surface area (Å²) in [6.07, 6.45) is 0. The van der Waals surface area contributed by atoms with Gasteiger partial charge in [-0.3, -0.25) is 14.4 Å². The minimum Gasteiger partial charge on any atom is -0.480 e. The molecule has 0 bridgehead atoms. The van der Waals surface area contributed by atoms with Gasteiger partial charge in [0.2, 0.25) is 5.91 Å². The van der Waals surface area contributed by atoms with E-state index in [0.29, 0.717) is 11.3 Å². The first kappa shape index (κ1) is 14.4. The molecule has 2 unspecified atom stereocenters. The molecule has 1 aromatic carbocycles. The molecule has 6 nitrogen and oxygen atoms in total. The molecule has 7 heteroatoms. The van der Waals surface area contributed by atoms with Crippen LogP contribution >= 0.6 is 11.8 Å². The van der Waals surface area contributed by atoms with E-state index in [9.17, 15) is 14.4 Å². The normalized spacial score (nSPS) is 18.7. The molecule has 2 amide bonds. The van der Waals surface area contributed by atoms with Crippen molar-refractivity contribution in [3.8, 4) is 0 Å². The maximum atomic E-state index is 11.9. The van der Waals surface area contributed by atoms with Gasteiger partial charge in [0, 0.05) is 10.5 Å². The van der Waals surface area contributed by atoms with Crippen LogP contribution in [0.15, 0.2) is 23.1 Å². The van der Waals surface area contributed by atoms with Gasteiger partial charge < -0.3 is 15.7 Å². The topological polar surface area (TPSA) is 95.5 Å². The monoisotopic (exact) mass is 294 g/mol. The Hall–Kier alpha value is -2.02. The zero-order valence-corrected chi connectivity index (χ0v) is 11.8. The van der Waals surface area contributed by atoms with E-state index in [1.807, 2.05) is 0 Å². The number of carboxylic acids is 1. The Morgan fingerprint density at radius 3 is 2.80 bits per heavy atom. The second kappa shape index (κ2) is 5.54. The lowest BCUT2D eigenvalue weighted by molar-refractivity contribution is -0.138. The zero-order chi connectivity index (χ0) is 14.9. The number of rotatable bonds is 3. The van der Waals surface area contributed by atoms with Crippen molar-refractivity contribution >= 4 is 35.2 Å². The van der Waals surface area contributed by atoms with Crippen LogP contribution in [0.5, 0.6) is 0 Å². The standard InChI is InChI=1S/C13H14N2O4S/c1-6(13(18)19)14-12(17)8-3-4-10-9(5-8)15-11(16)7(2)20-10/h3-7H,1-2H3,(H,14,17)(H,15,16)(H,18,19). The average Bonchev–Trinajstić information content (AvgIpc) is 2.39. The van der Waals surface area contributed by atoms with Gasteiger partial charge in [0.25, 0.3) is 5.91 Å². The van der Waals surface area contributed by atoms with E-state index in [2.05, 4.69) is 10.6 Å². The molecule has 2 atom stereocenters. The number of thioether (sulfide) groups is 1. The van der Waals surface area contributed by atoms with Gasteiger partial charge in [0.15, 0.2) is 0 Å². The Balaban J connectivity index is 2.19. The molecule has 0 saturated heterocycles. The molecule has 2 rings (SSSR count). The third kappa shape index (κ3) is 2.93. The van der Waals surface area contributed by atoms with Crippen LogP contribution in [0, 0.1) is 0 Å². The summed E-state index contributed by atoms with van der Waals surface area (Å²) in [5.41, 5.74) is 0.890. The van der Waals surface area contributed by atoms with Crippen LogP contribution in [0.4, 0.5) is 5.69 Å². The molecule has 1 heterocycles. The number of carboxylic acid groups (broad SMARTS) is 1. The van der Waals surface area contributed by atoms with Crippen LogP contribution < -0.4 is 10.6 Å². The van der Waals surface area contributed by atoms with Crippen LogP contribution in [0.2, 0.25) is 0 Å². The first-order valence-corrected chi connectivity index (χ1v) is 6.91. The summed E-state index contributed by atoms with van der Waals surface area (Å²) >= 11 is 1.42. The summed E-state index contributed by atoms with van der Waals surface area (Å²) in [7, 11) is 0. The van der Waals surface area contributed by atoms with Crippen LogP contribution in [-0.2, 0) is 9.59 Å². The summed E-state index contributed by atoms with van der Waals surface area (Å²) in [4.78, 5) is 35.1. The number of carbonyl (C=O) groups excluding carboxylic acids is 2. The maximum Gasteiger partial charge on any atom is 0.325 e. The Labute approximate surface area is 119 Å². The van der Waals surface area contributed by atoms with Crippen molar-refractivity contribution in [3.05, 3.63) is 23.8 Å². The Morgan fingerprint density at radius 1 is 1.45 bits per heavy atom. The number of anilines is 1. The number of carbonyl (C=O) groups is 3. The maximum absolute atomic E-state index is 11.9. The smallest absolute Gasteiger partial charge is 0.325 e. The van der Waals surface area contributed by atoms with Crippen molar-refractivity contribution in [2.24, 2.45) is 0 Å². The molecule has 0 spiro atoms. The van der Waals surface area contributed by atoms with Crippen molar-refractivity contribution in [3.63, 3.8) is 0 Å². The van der Waals surface area contributed by atoms with Crippen LogP contribution in [0.1, 0.15) is 24.2 Å². The van der Waals surface area contributed by atoms with Crippen molar-refractivity contribution in [1.29, 1.82) is 0 Å². The van der Waals surface area contributed by atoms with Gasteiger partial charge in [-0.1, -0.05) is 0 Å². The van der Waals surface area contributed by atoms with Crippen LogP contribution in [-0.4, -0.2) is 34.2 Å². The van der Waals surface area contributed by atoms with Gasteiger partial charge in [0.05, 0.1) is 10.9 Å². The van der Waals surface area contributed by atoms with E-state index < -0.39 is 17.9 Å². The van der Waals surface area contributed by atoms with Gasteiger partial charge in [-0.05, 0) is 32.0 Å². The number of nitrogens with one attached hydrogen (secondary N) is 2. The SMILES string of the molecule is CC(NC(=O)c1ccc2c(c1)NC(=O)C(C)S2)C(=O)O. The molecule has 0 saturated carbocycles. The van der Waals surface area contributed by atoms with Gasteiger partial charge in [0.1, 0.15) is 6.04 Å².